The Hall–Kier alpha value is -1.54. The number of rotatable bonds is 9. The minimum atomic E-state index is -2.44. The maximum absolute atomic E-state index is 11.8. The lowest BCUT2D eigenvalue weighted by atomic mass is 10.4. The van der Waals surface area contributed by atoms with Gasteiger partial charge in [0.25, 0.3) is 6.43 Å². The molecule has 1 rings (SSSR count). The maximum Gasteiger partial charge on any atom is 0.261 e. The number of nitrogens with zero attached hydrogens (tertiary/aromatic N) is 2. The van der Waals surface area contributed by atoms with Crippen LogP contribution in [-0.4, -0.2) is 50.3 Å². The average Bonchev–Trinajstić information content (AvgIpc) is 2.38. The van der Waals surface area contributed by atoms with Crippen LogP contribution in [0.15, 0.2) is 6.07 Å². The standard InChI is InChI=1S/C11H18F2N4O2/c1-14-9-5-10(17-11(16-9)7-18-2)15-3-4-19-6-8(12)13/h5,8H,3-4,6-7H2,1-2H3,(H2,14,15,16,17). The molecule has 8 heteroatoms. The van der Waals surface area contributed by atoms with Crippen LogP contribution in [0.2, 0.25) is 0 Å². The number of hydrogen-bond donors (Lipinski definition) is 2. The van der Waals surface area contributed by atoms with Crippen molar-refractivity contribution in [2.45, 2.75) is 13.0 Å². The van der Waals surface area contributed by atoms with Gasteiger partial charge in [0.2, 0.25) is 0 Å². The first kappa shape index (κ1) is 15.5. The van der Waals surface area contributed by atoms with Crippen molar-refractivity contribution in [1.82, 2.24) is 9.97 Å². The summed E-state index contributed by atoms with van der Waals surface area (Å²) in [4.78, 5) is 8.40. The summed E-state index contributed by atoms with van der Waals surface area (Å²) in [6.07, 6.45) is -2.44. The van der Waals surface area contributed by atoms with Crippen LogP contribution in [0.5, 0.6) is 0 Å². The van der Waals surface area contributed by atoms with E-state index in [1.807, 2.05) is 0 Å². The molecule has 0 unspecified atom stereocenters. The van der Waals surface area contributed by atoms with Gasteiger partial charge in [0, 0.05) is 26.8 Å². The van der Waals surface area contributed by atoms with Crippen molar-refractivity contribution < 1.29 is 18.3 Å². The monoisotopic (exact) mass is 276 g/mol. The SMILES string of the molecule is CNc1cc(NCCOCC(F)F)nc(COC)n1. The van der Waals surface area contributed by atoms with Gasteiger partial charge in [0.15, 0.2) is 5.82 Å². The third-order valence-electron chi connectivity index (χ3n) is 2.10. The molecule has 6 nitrogen and oxygen atoms in total. The smallest absolute Gasteiger partial charge is 0.261 e. The second kappa shape index (κ2) is 8.54. The van der Waals surface area contributed by atoms with Gasteiger partial charge in [-0.1, -0.05) is 0 Å². The highest BCUT2D eigenvalue weighted by atomic mass is 19.3. The predicted octanol–water partition coefficient (Wildman–Crippen LogP) is 1.36. The van der Waals surface area contributed by atoms with Gasteiger partial charge < -0.3 is 20.1 Å². The van der Waals surface area contributed by atoms with Crippen molar-refractivity contribution in [3.8, 4) is 0 Å². The van der Waals surface area contributed by atoms with Crippen LogP contribution in [-0.2, 0) is 16.1 Å². The van der Waals surface area contributed by atoms with E-state index in [1.54, 1.807) is 20.2 Å². The van der Waals surface area contributed by atoms with Gasteiger partial charge in [-0.05, 0) is 0 Å². The summed E-state index contributed by atoms with van der Waals surface area (Å²) >= 11 is 0. The topological polar surface area (TPSA) is 68.3 Å². The summed E-state index contributed by atoms with van der Waals surface area (Å²) in [6.45, 7) is 0.316. The first-order chi connectivity index (χ1) is 9.15. The fraction of sp³-hybridized carbons (Fsp3) is 0.636. The van der Waals surface area contributed by atoms with Crippen LogP contribution in [0.4, 0.5) is 20.4 Å². The van der Waals surface area contributed by atoms with E-state index < -0.39 is 13.0 Å². The van der Waals surface area contributed by atoms with Gasteiger partial charge in [0.1, 0.15) is 24.8 Å². The molecule has 0 aliphatic carbocycles. The van der Waals surface area contributed by atoms with Gasteiger partial charge in [0.05, 0.1) is 6.61 Å². The highest BCUT2D eigenvalue weighted by Gasteiger charge is 2.04. The minimum absolute atomic E-state index is 0.183. The Morgan fingerprint density at radius 2 is 2.05 bits per heavy atom. The largest absolute Gasteiger partial charge is 0.377 e. The molecule has 0 aliphatic rings. The fourth-order valence-electron chi connectivity index (χ4n) is 1.33. The number of methoxy groups -OCH3 is 1. The quantitative estimate of drug-likeness (QED) is 0.664. The number of halogens is 2. The summed E-state index contributed by atoms with van der Waals surface area (Å²) in [5.74, 6) is 1.77. The van der Waals surface area contributed by atoms with E-state index in [-0.39, 0.29) is 6.61 Å². The summed E-state index contributed by atoms with van der Waals surface area (Å²) in [5.41, 5.74) is 0. The zero-order valence-electron chi connectivity index (χ0n) is 10.9. The van der Waals surface area contributed by atoms with Crippen molar-refractivity contribution >= 4 is 11.6 Å². The van der Waals surface area contributed by atoms with Gasteiger partial charge >= 0.3 is 0 Å². The van der Waals surface area contributed by atoms with Crippen LogP contribution in [0, 0.1) is 0 Å². The molecule has 1 aromatic rings. The third kappa shape index (κ3) is 6.25. The van der Waals surface area contributed by atoms with E-state index in [9.17, 15) is 8.78 Å². The van der Waals surface area contributed by atoms with Gasteiger partial charge in [-0.3, -0.25) is 0 Å². The zero-order chi connectivity index (χ0) is 14.1. The normalized spacial score (nSPS) is 10.8. The van der Waals surface area contributed by atoms with Crippen molar-refractivity contribution in [2.75, 3.05) is 44.5 Å². The summed E-state index contributed by atoms with van der Waals surface area (Å²) in [5, 5.41) is 5.88. The van der Waals surface area contributed by atoms with Gasteiger partial charge in [-0.15, -0.1) is 0 Å². The van der Waals surface area contributed by atoms with Crippen LogP contribution < -0.4 is 10.6 Å². The second-order valence-electron chi connectivity index (χ2n) is 3.63. The number of anilines is 2. The molecule has 0 radical (unpaired) electrons. The van der Waals surface area contributed by atoms with Crippen LogP contribution in [0.25, 0.3) is 0 Å². The molecule has 1 aromatic heterocycles. The van der Waals surface area contributed by atoms with Gasteiger partial charge in [-0.25, -0.2) is 18.7 Å². The predicted molar refractivity (Wildman–Crippen MR) is 67.6 cm³/mol. The lowest BCUT2D eigenvalue weighted by Gasteiger charge is -2.09. The second-order valence-corrected chi connectivity index (χ2v) is 3.63. The Balaban J connectivity index is 2.45. The maximum atomic E-state index is 11.8. The lowest BCUT2D eigenvalue weighted by molar-refractivity contribution is 0.0215. The number of alkyl halides is 2. The first-order valence-electron chi connectivity index (χ1n) is 5.80. The Labute approximate surface area is 110 Å². The summed E-state index contributed by atoms with van der Waals surface area (Å²) in [6, 6.07) is 1.71. The fourth-order valence-corrected chi connectivity index (χ4v) is 1.33. The molecule has 0 fully saturated rings. The molecule has 0 bridgehead atoms. The van der Waals surface area contributed by atoms with Gasteiger partial charge in [-0.2, -0.15) is 0 Å². The third-order valence-corrected chi connectivity index (χ3v) is 2.10. The number of ether oxygens (including phenoxy) is 2. The molecule has 0 amide bonds. The number of aromatic nitrogens is 2. The molecular formula is C11H18F2N4O2. The molecule has 0 aliphatic heterocycles. The number of hydrogen-bond acceptors (Lipinski definition) is 6. The zero-order valence-corrected chi connectivity index (χ0v) is 10.9. The summed E-state index contributed by atoms with van der Waals surface area (Å²) in [7, 11) is 3.30. The summed E-state index contributed by atoms with van der Waals surface area (Å²) < 4.78 is 33.4. The van der Waals surface area contributed by atoms with Crippen molar-refractivity contribution in [2.24, 2.45) is 0 Å². The van der Waals surface area contributed by atoms with E-state index in [1.165, 1.54) is 0 Å². The molecule has 19 heavy (non-hydrogen) atoms. The van der Waals surface area contributed by atoms with Crippen molar-refractivity contribution in [3.05, 3.63) is 11.9 Å². The molecule has 108 valence electrons. The van der Waals surface area contributed by atoms with E-state index in [4.69, 9.17) is 9.47 Å². The molecule has 0 atom stereocenters. The van der Waals surface area contributed by atoms with E-state index in [2.05, 4.69) is 20.6 Å². The Bertz CT molecular complexity index is 380. The van der Waals surface area contributed by atoms with E-state index >= 15 is 0 Å². The molecular weight excluding hydrogens is 258 g/mol. The highest BCUT2D eigenvalue weighted by Crippen LogP contribution is 2.11. The van der Waals surface area contributed by atoms with Crippen LogP contribution >= 0.6 is 0 Å². The van der Waals surface area contributed by atoms with E-state index in [0.29, 0.717) is 30.6 Å². The van der Waals surface area contributed by atoms with E-state index in [0.717, 1.165) is 0 Å². The number of nitrogens with one attached hydrogen (secondary N) is 2. The first-order valence-corrected chi connectivity index (χ1v) is 5.80. The Morgan fingerprint density at radius 1 is 1.32 bits per heavy atom. The molecule has 0 aromatic carbocycles. The molecule has 1 heterocycles. The van der Waals surface area contributed by atoms with Crippen LogP contribution in [0.3, 0.4) is 0 Å². The molecule has 0 saturated heterocycles. The Morgan fingerprint density at radius 3 is 2.68 bits per heavy atom. The lowest BCUT2D eigenvalue weighted by Crippen LogP contribution is -2.14. The molecule has 0 saturated carbocycles. The van der Waals surface area contributed by atoms with Crippen LogP contribution in [0.1, 0.15) is 5.82 Å². The average molecular weight is 276 g/mol. The Kier molecular flexibility index (Phi) is 6.98. The molecule has 2 N–H and O–H groups in total. The van der Waals surface area contributed by atoms with Crippen molar-refractivity contribution in [1.29, 1.82) is 0 Å². The highest BCUT2D eigenvalue weighted by molar-refractivity contribution is 5.47. The van der Waals surface area contributed by atoms with Crippen molar-refractivity contribution in [3.63, 3.8) is 0 Å². The minimum Gasteiger partial charge on any atom is -0.377 e. The molecule has 0 spiro atoms.